The van der Waals surface area contributed by atoms with E-state index in [0.29, 0.717) is 56.1 Å². The first-order valence-corrected chi connectivity index (χ1v) is 15.4. The van der Waals surface area contributed by atoms with Crippen molar-refractivity contribution in [3.63, 3.8) is 0 Å². The molecule has 8 nitrogen and oxygen atoms in total. The van der Waals surface area contributed by atoms with Gasteiger partial charge in [-0.25, -0.2) is 4.39 Å². The third kappa shape index (κ3) is 8.69. The number of pyridine rings is 1. The number of nitrogens with one attached hydrogen (secondary N) is 2. The molecule has 0 radical (unpaired) electrons. The van der Waals surface area contributed by atoms with E-state index in [1.165, 1.54) is 37.6 Å². The summed E-state index contributed by atoms with van der Waals surface area (Å²) in [6.07, 6.45) is 7.84. The standard InChI is InChI=1S/C32H32Cl2FN5O3S/c1-41-30-18-25-27(19-31(30)42-13-5-12-40-10-3-2-4-11-40)36-9-8-28(25)43-29-7-6-21(14-26(29)35)20-37-39-32(44)38-24-16-22(33)15-23(34)17-24/h6-9,14-20H,2-5,10-13H2,1H3,(H2,38,39,44)/b37-20+. The maximum Gasteiger partial charge on any atom is 0.191 e. The minimum atomic E-state index is -0.561. The maximum absolute atomic E-state index is 15.1. The minimum Gasteiger partial charge on any atom is -0.493 e. The van der Waals surface area contributed by atoms with Crippen LogP contribution in [0, 0.1) is 5.82 Å². The van der Waals surface area contributed by atoms with Crippen molar-refractivity contribution in [2.24, 2.45) is 5.10 Å². The number of halogens is 3. The number of anilines is 1. The van der Waals surface area contributed by atoms with Crippen molar-refractivity contribution in [1.29, 1.82) is 0 Å². The van der Waals surface area contributed by atoms with E-state index in [-0.39, 0.29) is 10.9 Å². The lowest BCUT2D eigenvalue weighted by Crippen LogP contribution is -2.31. The van der Waals surface area contributed by atoms with Crippen molar-refractivity contribution in [3.8, 4) is 23.0 Å². The zero-order valence-electron chi connectivity index (χ0n) is 24.1. The molecule has 3 aromatic carbocycles. The van der Waals surface area contributed by atoms with Crippen molar-refractivity contribution < 1.29 is 18.6 Å². The number of piperidine rings is 1. The number of methoxy groups -OCH3 is 1. The van der Waals surface area contributed by atoms with Gasteiger partial charge in [0.15, 0.2) is 28.2 Å². The van der Waals surface area contributed by atoms with Gasteiger partial charge in [-0.2, -0.15) is 5.10 Å². The second-order valence-corrected chi connectivity index (χ2v) is 11.5. The molecule has 44 heavy (non-hydrogen) atoms. The van der Waals surface area contributed by atoms with E-state index in [0.717, 1.165) is 26.1 Å². The summed E-state index contributed by atoms with van der Waals surface area (Å²) in [4.78, 5) is 6.95. The molecule has 1 aliphatic heterocycles. The Morgan fingerprint density at radius 3 is 2.55 bits per heavy atom. The zero-order chi connectivity index (χ0) is 30.9. The monoisotopic (exact) mass is 655 g/mol. The lowest BCUT2D eigenvalue weighted by atomic mass is 10.1. The average Bonchev–Trinajstić information content (AvgIpc) is 3.00. The molecule has 230 valence electrons. The molecule has 1 fully saturated rings. The molecule has 1 aliphatic rings. The highest BCUT2D eigenvalue weighted by molar-refractivity contribution is 7.80. The summed E-state index contributed by atoms with van der Waals surface area (Å²) in [5.41, 5.74) is 4.43. The Hall–Kier alpha value is -3.70. The molecule has 2 heterocycles. The number of hydrogen-bond donors (Lipinski definition) is 2. The highest BCUT2D eigenvalue weighted by Crippen LogP contribution is 2.37. The van der Waals surface area contributed by atoms with Gasteiger partial charge < -0.3 is 24.4 Å². The second kappa shape index (κ2) is 15.3. The number of likely N-dealkylation sites (tertiary alicyclic amines) is 1. The molecule has 0 saturated carbocycles. The van der Waals surface area contributed by atoms with Gasteiger partial charge in [0.05, 0.1) is 25.4 Å². The largest absolute Gasteiger partial charge is 0.493 e. The first kappa shape index (κ1) is 31.7. The topological polar surface area (TPSA) is 80.2 Å². The van der Waals surface area contributed by atoms with Gasteiger partial charge in [0.2, 0.25) is 0 Å². The quantitative estimate of drug-likeness (QED) is 0.0727. The number of nitrogens with zero attached hydrogens (tertiary/aromatic N) is 3. The van der Waals surface area contributed by atoms with E-state index in [4.69, 9.17) is 49.6 Å². The fraction of sp³-hybridized carbons (Fsp3) is 0.281. The van der Waals surface area contributed by atoms with Crippen LogP contribution in [0.3, 0.4) is 0 Å². The van der Waals surface area contributed by atoms with Crippen molar-refractivity contribution in [2.75, 3.05) is 38.7 Å². The Morgan fingerprint density at radius 2 is 1.80 bits per heavy atom. The predicted octanol–water partition coefficient (Wildman–Crippen LogP) is 8.06. The van der Waals surface area contributed by atoms with Gasteiger partial charge in [-0.1, -0.05) is 29.6 Å². The van der Waals surface area contributed by atoms with Crippen LogP contribution in [-0.2, 0) is 0 Å². The molecule has 0 spiro atoms. The predicted molar refractivity (Wildman–Crippen MR) is 179 cm³/mol. The fourth-order valence-electron chi connectivity index (χ4n) is 4.89. The smallest absolute Gasteiger partial charge is 0.191 e. The highest BCUT2D eigenvalue weighted by atomic mass is 35.5. The molecule has 0 unspecified atom stereocenters. The molecular formula is C32H32Cl2FN5O3S. The first-order chi connectivity index (χ1) is 21.4. The SMILES string of the molecule is COc1cc2c(Oc3ccc(/C=N/NC(=S)Nc4cc(Cl)cc(Cl)c4)cc3F)ccnc2cc1OCCCN1CCCCC1. The van der Waals surface area contributed by atoms with E-state index >= 15 is 4.39 Å². The van der Waals surface area contributed by atoms with E-state index in [9.17, 15) is 0 Å². The van der Waals surface area contributed by atoms with Crippen LogP contribution in [0.15, 0.2) is 65.9 Å². The zero-order valence-corrected chi connectivity index (χ0v) is 26.4. The van der Waals surface area contributed by atoms with Crippen LogP contribution >= 0.6 is 35.4 Å². The lowest BCUT2D eigenvalue weighted by molar-refractivity contribution is 0.203. The third-order valence-electron chi connectivity index (χ3n) is 6.99. The first-order valence-electron chi connectivity index (χ1n) is 14.2. The van der Waals surface area contributed by atoms with Gasteiger partial charge in [-0.3, -0.25) is 10.4 Å². The average molecular weight is 657 g/mol. The van der Waals surface area contributed by atoms with Crippen LogP contribution in [0.4, 0.5) is 10.1 Å². The molecule has 0 aliphatic carbocycles. The van der Waals surface area contributed by atoms with Crippen LogP contribution in [0.25, 0.3) is 10.9 Å². The summed E-state index contributed by atoms with van der Waals surface area (Å²) in [7, 11) is 1.59. The third-order valence-corrected chi connectivity index (χ3v) is 7.62. The van der Waals surface area contributed by atoms with Gasteiger partial charge in [0.1, 0.15) is 5.75 Å². The van der Waals surface area contributed by atoms with Gasteiger partial charge in [0.25, 0.3) is 0 Å². The molecule has 5 rings (SSSR count). The van der Waals surface area contributed by atoms with E-state index in [1.54, 1.807) is 49.7 Å². The normalized spacial score (nSPS) is 13.6. The summed E-state index contributed by atoms with van der Waals surface area (Å²) in [6, 6.07) is 14.8. The number of fused-ring (bicyclic) bond motifs is 1. The Morgan fingerprint density at radius 1 is 1.00 bits per heavy atom. The molecule has 2 N–H and O–H groups in total. The number of hydrazone groups is 1. The van der Waals surface area contributed by atoms with Gasteiger partial charge in [-0.15, -0.1) is 0 Å². The van der Waals surface area contributed by atoms with E-state index in [2.05, 4.69) is 25.7 Å². The maximum atomic E-state index is 15.1. The minimum absolute atomic E-state index is 0.0506. The summed E-state index contributed by atoms with van der Waals surface area (Å²) in [6.45, 7) is 3.91. The van der Waals surface area contributed by atoms with Gasteiger partial charge >= 0.3 is 0 Å². The van der Waals surface area contributed by atoms with Gasteiger partial charge in [0, 0.05) is 39.9 Å². The summed E-state index contributed by atoms with van der Waals surface area (Å²) < 4.78 is 32.7. The van der Waals surface area contributed by atoms with Crippen LogP contribution in [0.1, 0.15) is 31.2 Å². The number of benzene rings is 3. The number of ether oxygens (including phenoxy) is 3. The van der Waals surface area contributed by atoms with Crippen molar-refractivity contribution in [3.05, 3.63) is 82.2 Å². The van der Waals surface area contributed by atoms with E-state index < -0.39 is 5.82 Å². The van der Waals surface area contributed by atoms with Crippen LogP contribution in [0.5, 0.6) is 23.0 Å². The molecule has 0 bridgehead atoms. The second-order valence-electron chi connectivity index (χ2n) is 10.2. The van der Waals surface area contributed by atoms with Crippen LogP contribution < -0.4 is 25.0 Å². The Labute approximate surface area is 271 Å². The Kier molecular flexibility index (Phi) is 11.1. The fourth-order valence-corrected chi connectivity index (χ4v) is 5.59. The Bertz CT molecular complexity index is 1630. The summed E-state index contributed by atoms with van der Waals surface area (Å²) in [5.74, 6) is 1.09. The highest BCUT2D eigenvalue weighted by Gasteiger charge is 2.15. The number of hydrogen-bond acceptors (Lipinski definition) is 7. The van der Waals surface area contributed by atoms with Crippen molar-refractivity contribution >= 4 is 63.3 Å². The van der Waals surface area contributed by atoms with Crippen LogP contribution in [0.2, 0.25) is 10.0 Å². The van der Waals surface area contributed by atoms with Gasteiger partial charge in [-0.05, 0) is 98.7 Å². The number of aromatic nitrogens is 1. The van der Waals surface area contributed by atoms with Crippen molar-refractivity contribution in [1.82, 2.24) is 15.3 Å². The molecule has 12 heteroatoms. The summed E-state index contributed by atoms with van der Waals surface area (Å²) in [5, 5.41) is 8.81. The van der Waals surface area contributed by atoms with Crippen LogP contribution in [-0.4, -0.2) is 54.6 Å². The van der Waals surface area contributed by atoms with E-state index in [1.807, 2.05) is 6.07 Å². The molecular weight excluding hydrogens is 624 g/mol. The molecule has 0 amide bonds. The van der Waals surface area contributed by atoms with Crippen molar-refractivity contribution in [2.45, 2.75) is 25.7 Å². The number of thiocarbonyl (C=S) groups is 1. The molecule has 1 saturated heterocycles. The molecule has 4 aromatic rings. The molecule has 1 aromatic heterocycles. The molecule has 0 atom stereocenters. The Balaban J connectivity index is 1.21. The summed E-state index contributed by atoms with van der Waals surface area (Å²) >= 11 is 17.3. The number of rotatable bonds is 11. The lowest BCUT2D eigenvalue weighted by Gasteiger charge is -2.26.